The first kappa shape index (κ1) is 12.2. The number of hydrogen-bond donors (Lipinski definition) is 1. The zero-order valence-corrected chi connectivity index (χ0v) is 10.3. The number of carbonyl (C=O) groups excluding carboxylic acids is 1. The van der Waals surface area contributed by atoms with Gasteiger partial charge in [-0.3, -0.25) is 4.79 Å². The van der Waals surface area contributed by atoms with Crippen molar-refractivity contribution in [1.29, 1.82) is 0 Å². The maximum atomic E-state index is 12.2. The van der Waals surface area contributed by atoms with E-state index < -0.39 is 0 Å². The Balaban J connectivity index is 1.86. The summed E-state index contributed by atoms with van der Waals surface area (Å²) in [5.74, 6) is 0.393. The molecule has 4 heteroatoms. The molecule has 1 aliphatic rings. The molecule has 2 N–H and O–H groups in total. The lowest BCUT2D eigenvalue weighted by Gasteiger charge is -2.28. The van der Waals surface area contributed by atoms with E-state index >= 15 is 0 Å². The quantitative estimate of drug-likeness (QED) is 0.869. The lowest BCUT2D eigenvalue weighted by molar-refractivity contribution is -0.135. The number of hydrogen-bond acceptors (Lipinski definition) is 3. The van der Waals surface area contributed by atoms with E-state index in [1.54, 1.807) is 17.4 Å². The predicted molar refractivity (Wildman–Crippen MR) is 65.1 cm³/mol. The van der Waals surface area contributed by atoms with Gasteiger partial charge in [0.15, 0.2) is 0 Å². The van der Waals surface area contributed by atoms with Crippen molar-refractivity contribution in [3.05, 3.63) is 24.2 Å². The van der Waals surface area contributed by atoms with Gasteiger partial charge in [-0.05, 0) is 31.7 Å². The summed E-state index contributed by atoms with van der Waals surface area (Å²) in [5, 5.41) is 0. The molecule has 1 aromatic rings. The molecule has 0 atom stereocenters. The highest BCUT2D eigenvalue weighted by atomic mass is 16.3. The molecule has 0 aromatic carbocycles. The van der Waals surface area contributed by atoms with Gasteiger partial charge in [0.1, 0.15) is 0 Å². The van der Waals surface area contributed by atoms with Crippen molar-refractivity contribution in [2.24, 2.45) is 11.7 Å². The Hall–Kier alpha value is -1.29. The van der Waals surface area contributed by atoms with Crippen molar-refractivity contribution >= 4 is 5.91 Å². The third-order valence-corrected chi connectivity index (χ3v) is 3.50. The van der Waals surface area contributed by atoms with E-state index in [9.17, 15) is 4.79 Å². The summed E-state index contributed by atoms with van der Waals surface area (Å²) in [6.45, 7) is 0.623. The molecule has 0 aliphatic heterocycles. The van der Waals surface area contributed by atoms with Gasteiger partial charge in [-0.15, -0.1) is 0 Å². The second kappa shape index (κ2) is 5.36. The number of furan rings is 1. The van der Waals surface area contributed by atoms with Crippen LogP contribution in [0, 0.1) is 5.92 Å². The van der Waals surface area contributed by atoms with Crippen molar-refractivity contribution in [3.8, 4) is 0 Å². The molecular formula is C13H20N2O2. The van der Waals surface area contributed by atoms with Crippen molar-refractivity contribution in [3.63, 3.8) is 0 Å². The van der Waals surface area contributed by atoms with Crippen molar-refractivity contribution < 1.29 is 9.21 Å². The molecule has 1 saturated carbocycles. The Bertz CT molecular complexity index is 354. The average molecular weight is 236 g/mol. The second-order valence-electron chi connectivity index (χ2n) is 4.94. The van der Waals surface area contributed by atoms with Gasteiger partial charge in [0.2, 0.25) is 5.91 Å². The first-order chi connectivity index (χ1) is 8.16. The molecule has 1 heterocycles. The molecule has 0 saturated heterocycles. The van der Waals surface area contributed by atoms with Crippen LogP contribution in [-0.2, 0) is 11.3 Å². The Morgan fingerprint density at radius 2 is 2.18 bits per heavy atom. The highest BCUT2D eigenvalue weighted by Crippen LogP contribution is 2.25. The van der Waals surface area contributed by atoms with Crippen LogP contribution in [0.5, 0.6) is 0 Å². The maximum absolute atomic E-state index is 12.2. The number of carbonyl (C=O) groups is 1. The number of nitrogens with zero attached hydrogens (tertiary/aromatic N) is 1. The minimum Gasteiger partial charge on any atom is -0.472 e. The molecule has 2 rings (SSSR count). The van der Waals surface area contributed by atoms with E-state index in [1.807, 2.05) is 13.1 Å². The lowest BCUT2D eigenvalue weighted by atomic mass is 9.85. The highest BCUT2D eigenvalue weighted by molar-refractivity contribution is 5.78. The second-order valence-corrected chi connectivity index (χ2v) is 4.94. The summed E-state index contributed by atoms with van der Waals surface area (Å²) in [6, 6.07) is 2.18. The molecule has 4 nitrogen and oxygen atoms in total. The van der Waals surface area contributed by atoms with Gasteiger partial charge in [0.25, 0.3) is 0 Å². The first-order valence-electron chi connectivity index (χ1n) is 6.18. The predicted octanol–water partition coefficient (Wildman–Crippen LogP) is 1.76. The summed E-state index contributed by atoms with van der Waals surface area (Å²) in [6.07, 6.45) is 7.10. The third kappa shape index (κ3) is 3.09. The van der Waals surface area contributed by atoms with Gasteiger partial charge >= 0.3 is 0 Å². The van der Waals surface area contributed by atoms with Crippen molar-refractivity contribution in [2.45, 2.75) is 38.3 Å². The Kier molecular flexibility index (Phi) is 3.84. The Morgan fingerprint density at radius 1 is 1.47 bits per heavy atom. The van der Waals surface area contributed by atoms with Crippen molar-refractivity contribution in [1.82, 2.24) is 4.90 Å². The molecule has 0 unspecified atom stereocenters. The summed E-state index contributed by atoms with van der Waals surface area (Å²) >= 11 is 0. The number of nitrogens with two attached hydrogens (primary N) is 1. The van der Waals surface area contributed by atoms with E-state index in [0.29, 0.717) is 12.6 Å². The molecule has 0 bridgehead atoms. The van der Waals surface area contributed by atoms with Gasteiger partial charge in [0.05, 0.1) is 12.5 Å². The molecular weight excluding hydrogens is 216 g/mol. The molecule has 0 radical (unpaired) electrons. The first-order valence-corrected chi connectivity index (χ1v) is 6.18. The molecule has 94 valence electrons. The smallest absolute Gasteiger partial charge is 0.225 e. The fraction of sp³-hybridized carbons (Fsp3) is 0.615. The summed E-state index contributed by atoms with van der Waals surface area (Å²) < 4.78 is 5.00. The fourth-order valence-corrected chi connectivity index (χ4v) is 2.41. The molecule has 1 amide bonds. The normalized spacial score (nSPS) is 24.6. The third-order valence-electron chi connectivity index (χ3n) is 3.50. The summed E-state index contributed by atoms with van der Waals surface area (Å²) in [7, 11) is 1.85. The maximum Gasteiger partial charge on any atom is 0.225 e. The fourth-order valence-electron chi connectivity index (χ4n) is 2.41. The van der Waals surface area contributed by atoms with Gasteiger partial charge in [-0.2, -0.15) is 0 Å². The van der Waals surface area contributed by atoms with E-state index in [4.69, 9.17) is 10.2 Å². The molecule has 1 aromatic heterocycles. The van der Waals surface area contributed by atoms with E-state index in [-0.39, 0.29) is 11.8 Å². The van der Waals surface area contributed by atoms with Crippen LogP contribution in [0.15, 0.2) is 23.0 Å². The zero-order chi connectivity index (χ0) is 12.3. The van der Waals surface area contributed by atoms with Crippen LogP contribution in [0.4, 0.5) is 0 Å². The van der Waals surface area contributed by atoms with Crippen LogP contribution in [0.25, 0.3) is 0 Å². The van der Waals surface area contributed by atoms with Crippen molar-refractivity contribution in [2.75, 3.05) is 7.05 Å². The van der Waals surface area contributed by atoms with Crippen LogP contribution >= 0.6 is 0 Å². The van der Waals surface area contributed by atoms with Crippen LogP contribution in [0.2, 0.25) is 0 Å². The molecule has 17 heavy (non-hydrogen) atoms. The van der Waals surface area contributed by atoms with Crippen LogP contribution < -0.4 is 5.73 Å². The highest BCUT2D eigenvalue weighted by Gasteiger charge is 2.26. The van der Waals surface area contributed by atoms with Crippen LogP contribution in [0.1, 0.15) is 31.2 Å². The topological polar surface area (TPSA) is 59.5 Å². The minimum atomic E-state index is 0.159. The Labute approximate surface area is 102 Å². The largest absolute Gasteiger partial charge is 0.472 e. The average Bonchev–Trinajstić information content (AvgIpc) is 2.82. The van der Waals surface area contributed by atoms with Crippen LogP contribution in [-0.4, -0.2) is 23.9 Å². The lowest BCUT2D eigenvalue weighted by Crippen LogP contribution is -2.37. The number of amides is 1. The van der Waals surface area contributed by atoms with Gasteiger partial charge in [0, 0.05) is 31.1 Å². The zero-order valence-electron chi connectivity index (χ0n) is 10.3. The van der Waals surface area contributed by atoms with E-state index in [0.717, 1.165) is 31.2 Å². The van der Waals surface area contributed by atoms with Gasteiger partial charge in [-0.1, -0.05) is 0 Å². The molecule has 1 aliphatic carbocycles. The van der Waals surface area contributed by atoms with Gasteiger partial charge < -0.3 is 15.1 Å². The minimum absolute atomic E-state index is 0.159. The summed E-state index contributed by atoms with van der Waals surface area (Å²) in [5.41, 5.74) is 6.88. The van der Waals surface area contributed by atoms with Gasteiger partial charge in [-0.25, -0.2) is 0 Å². The van der Waals surface area contributed by atoms with E-state index in [2.05, 4.69) is 0 Å². The Morgan fingerprint density at radius 3 is 2.76 bits per heavy atom. The summed E-state index contributed by atoms with van der Waals surface area (Å²) in [4.78, 5) is 14.0. The number of rotatable bonds is 3. The standard InChI is InChI=1S/C13H20N2O2/c1-15(8-10-6-7-17-9-10)13(16)11-2-4-12(14)5-3-11/h6-7,9,11-12H,2-5,8,14H2,1H3. The van der Waals surface area contributed by atoms with E-state index in [1.165, 1.54) is 0 Å². The van der Waals surface area contributed by atoms with Crippen LogP contribution in [0.3, 0.4) is 0 Å². The molecule has 0 spiro atoms. The monoisotopic (exact) mass is 236 g/mol. The SMILES string of the molecule is CN(Cc1ccoc1)C(=O)C1CCC(N)CC1. The molecule has 1 fully saturated rings.